The van der Waals surface area contributed by atoms with Crippen molar-refractivity contribution in [3.63, 3.8) is 0 Å². The number of hydrogen-bond donors (Lipinski definition) is 0. The van der Waals surface area contributed by atoms with Crippen LogP contribution in [0.3, 0.4) is 0 Å². The van der Waals surface area contributed by atoms with E-state index in [9.17, 15) is 0 Å². The zero-order valence-electron chi connectivity index (χ0n) is 22.7. The SMILES string of the molecule is CCCCCCCc1ccc(C#Cc2cc3c(cc2CCCCCC)SCCC3(CC)CC)nn1. The van der Waals surface area contributed by atoms with E-state index in [1.807, 2.05) is 11.8 Å². The lowest BCUT2D eigenvalue weighted by Crippen LogP contribution is -2.29. The smallest absolute Gasteiger partial charge is 0.136 e. The number of unbranched alkanes of at least 4 members (excludes halogenated alkanes) is 7. The zero-order chi connectivity index (χ0) is 24.9. The van der Waals surface area contributed by atoms with Crippen molar-refractivity contribution in [1.82, 2.24) is 10.2 Å². The number of aryl methyl sites for hydroxylation is 2. The Kier molecular flexibility index (Phi) is 11.7. The van der Waals surface area contributed by atoms with Gasteiger partial charge in [-0.15, -0.1) is 16.9 Å². The van der Waals surface area contributed by atoms with Crippen molar-refractivity contribution >= 4 is 11.8 Å². The van der Waals surface area contributed by atoms with E-state index in [1.165, 1.54) is 104 Å². The molecule has 0 saturated heterocycles. The van der Waals surface area contributed by atoms with Gasteiger partial charge in [0.05, 0.1) is 5.69 Å². The fourth-order valence-corrected chi connectivity index (χ4v) is 6.67. The summed E-state index contributed by atoms with van der Waals surface area (Å²) in [5, 5.41) is 8.91. The highest BCUT2D eigenvalue weighted by Crippen LogP contribution is 2.47. The molecule has 2 nitrogen and oxygen atoms in total. The van der Waals surface area contributed by atoms with Gasteiger partial charge in [-0.1, -0.05) is 78.6 Å². The summed E-state index contributed by atoms with van der Waals surface area (Å²) in [6.45, 7) is 9.25. The van der Waals surface area contributed by atoms with Gasteiger partial charge in [-0.2, -0.15) is 5.10 Å². The molecule has 1 aliphatic rings. The zero-order valence-corrected chi connectivity index (χ0v) is 23.5. The molecular weight excluding hydrogens is 444 g/mol. The Hall–Kier alpha value is -1.79. The van der Waals surface area contributed by atoms with Gasteiger partial charge < -0.3 is 0 Å². The lowest BCUT2D eigenvalue weighted by atomic mass is 9.72. The molecule has 3 rings (SSSR count). The van der Waals surface area contributed by atoms with Crippen LogP contribution in [-0.4, -0.2) is 16.0 Å². The van der Waals surface area contributed by atoms with Gasteiger partial charge in [0.25, 0.3) is 0 Å². The molecule has 1 aromatic heterocycles. The Labute approximate surface area is 219 Å². The molecule has 35 heavy (non-hydrogen) atoms. The Bertz CT molecular complexity index is 964. The number of benzene rings is 1. The predicted octanol–water partition coefficient (Wildman–Crippen LogP) is 9.07. The summed E-state index contributed by atoms with van der Waals surface area (Å²) in [7, 11) is 0. The molecular formula is C32H46N2S. The largest absolute Gasteiger partial charge is 0.154 e. The Morgan fingerprint density at radius 1 is 0.800 bits per heavy atom. The molecule has 0 unspecified atom stereocenters. The second kappa shape index (κ2) is 14.7. The van der Waals surface area contributed by atoms with E-state index in [0.29, 0.717) is 5.41 Å². The van der Waals surface area contributed by atoms with Gasteiger partial charge >= 0.3 is 0 Å². The van der Waals surface area contributed by atoms with Gasteiger partial charge in [0.1, 0.15) is 5.69 Å². The first-order valence-corrected chi connectivity index (χ1v) is 15.3. The number of thioether (sulfide) groups is 1. The highest BCUT2D eigenvalue weighted by atomic mass is 32.2. The molecule has 1 aromatic carbocycles. The lowest BCUT2D eigenvalue weighted by Gasteiger charge is -2.38. The average Bonchev–Trinajstić information content (AvgIpc) is 2.90. The van der Waals surface area contributed by atoms with E-state index in [0.717, 1.165) is 24.2 Å². The van der Waals surface area contributed by atoms with Gasteiger partial charge in [0.2, 0.25) is 0 Å². The predicted molar refractivity (Wildman–Crippen MR) is 152 cm³/mol. The molecule has 0 fully saturated rings. The molecule has 3 heteroatoms. The maximum Gasteiger partial charge on any atom is 0.136 e. The molecule has 0 radical (unpaired) electrons. The number of nitrogens with zero attached hydrogens (tertiary/aromatic N) is 2. The maximum absolute atomic E-state index is 4.47. The molecule has 190 valence electrons. The summed E-state index contributed by atoms with van der Waals surface area (Å²) < 4.78 is 0. The molecule has 0 amide bonds. The molecule has 0 N–H and O–H groups in total. The van der Waals surface area contributed by atoms with Crippen molar-refractivity contribution in [1.29, 1.82) is 0 Å². The maximum atomic E-state index is 4.47. The van der Waals surface area contributed by atoms with Gasteiger partial charge in [-0.25, -0.2) is 0 Å². The quantitative estimate of drug-likeness (QED) is 0.207. The van der Waals surface area contributed by atoms with Crippen molar-refractivity contribution in [3.05, 3.63) is 52.3 Å². The van der Waals surface area contributed by atoms with Gasteiger partial charge in [-0.3, -0.25) is 0 Å². The molecule has 0 atom stereocenters. The minimum absolute atomic E-state index is 0.302. The average molecular weight is 491 g/mol. The first kappa shape index (κ1) is 27.8. The van der Waals surface area contributed by atoms with Crippen LogP contribution < -0.4 is 0 Å². The Morgan fingerprint density at radius 2 is 1.51 bits per heavy atom. The molecule has 2 aromatic rings. The van der Waals surface area contributed by atoms with Crippen LogP contribution in [0.25, 0.3) is 0 Å². The van der Waals surface area contributed by atoms with E-state index in [2.05, 4.69) is 74.0 Å². The van der Waals surface area contributed by atoms with Crippen molar-refractivity contribution in [2.24, 2.45) is 0 Å². The third-order valence-corrected chi connectivity index (χ3v) is 8.91. The van der Waals surface area contributed by atoms with E-state index in [-0.39, 0.29) is 0 Å². The normalized spacial score (nSPS) is 14.3. The summed E-state index contributed by atoms with van der Waals surface area (Å²) in [5.74, 6) is 8.12. The number of rotatable bonds is 13. The fraction of sp³-hybridized carbons (Fsp3) is 0.625. The summed E-state index contributed by atoms with van der Waals surface area (Å²) in [5.41, 5.74) is 6.32. The molecule has 1 aliphatic heterocycles. The topological polar surface area (TPSA) is 25.8 Å². The molecule has 0 spiro atoms. The van der Waals surface area contributed by atoms with E-state index >= 15 is 0 Å². The number of hydrogen-bond acceptors (Lipinski definition) is 3. The van der Waals surface area contributed by atoms with Crippen molar-refractivity contribution in [2.45, 2.75) is 128 Å². The van der Waals surface area contributed by atoms with E-state index < -0.39 is 0 Å². The summed E-state index contributed by atoms with van der Waals surface area (Å²) in [6.07, 6.45) is 17.4. The van der Waals surface area contributed by atoms with Crippen LogP contribution in [0.15, 0.2) is 29.2 Å². The van der Waals surface area contributed by atoms with Crippen molar-refractivity contribution < 1.29 is 0 Å². The molecule has 0 bridgehead atoms. The molecule has 0 saturated carbocycles. The number of fused-ring (bicyclic) bond motifs is 1. The summed E-state index contributed by atoms with van der Waals surface area (Å²) in [4.78, 5) is 1.50. The lowest BCUT2D eigenvalue weighted by molar-refractivity contribution is 0.373. The minimum Gasteiger partial charge on any atom is -0.154 e. The molecule has 0 aliphatic carbocycles. The minimum atomic E-state index is 0.302. The second-order valence-corrected chi connectivity index (χ2v) is 11.4. The standard InChI is InChI=1S/C32H46N2S/c1-5-9-11-13-15-17-28-20-21-29(34-33-28)19-18-27-24-30-31(25-26(27)16-14-12-10-6-2)35-23-22-32(30,7-3)8-4/h20-21,24-25H,5-17,22-23H2,1-4H3. The van der Waals surface area contributed by atoms with Gasteiger partial charge in [0, 0.05) is 10.5 Å². The second-order valence-electron chi connectivity index (χ2n) is 10.2. The fourth-order valence-electron chi connectivity index (χ4n) is 5.30. The van der Waals surface area contributed by atoms with Crippen LogP contribution in [0.5, 0.6) is 0 Å². The first-order chi connectivity index (χ1) is 17.2. The Morgan fingerprint density at radius 3 is 2.20 bits per heavy atom. The third kappa shape index (κ3) is 7.85. The van der Waals surface area contributed by atoms with E-state index in [4.69, 9.17) is 0 Å². The van der Waals surface area contributed by atoms with Crippen LogP contribution >= 0.6 is 11.8 Å². The van der Waals surface area contributed by atoms with Gasteiger partial charge in [-0.05, 0) is 97.4 Å². The van der Waals surface area contributed by atoms with E-state index in [1.54, 1.807) is 0 Å². The first-order valence-electron chi connectivity index (χ1n) is 14.3. The third-order valence-electron chi connectivity index (χ3n) is 7.85. The summed E-state index contributed by atoms with van der Waals surface area (Å²) >= 11 is 2.04. The number of aromatic nitrogens is 2. The van der Waals surface area contributed by atoms with Crippen LogP contribution in [-0.2, 0) is 18.3 Å². The highest BCUT2D eigenvalue weighted by Gasteiger charge is 2.34. The van der Waals surface area contributed by atoms with Crippen molar-refractivity contribution in [2.75, 3.05) is 5.75 Å². The molecule has 2 heterocycles. The van der Waals surface area contributed by atoms with Gasteiger partial charge in [0.15, 0.2) is 0 Å². The summed E-state index contributed by atoms with van der Waals surface area (Å²) in [6, 6.07) is 9.08. The van der Waals surface area contributed by atoms with Crippen LogP contribution in [0.4, 0.5) is 0 Å². The Balaban J connectivity index is 1.81. The van der Waals surface area contributed by atoms with Crippen LogP contribution in [0.2, 0.25) is 0 Å². The van der Waals surface area contributed by atoms with Crippen LogP contribution in [0.1, 0.15) is 133 Å². The van der Waals surface area contributed by atoms with Crippen LogP contribution in [0, 0.1) is 11.8 Å². The highest BCUT2D eigenvalue weighted by molar-refractivity contribution is 7.99. The van der Waals surface area contributed by atoms with Crippen molar-refractivity contribution in [3.8, 4) is 11.8 Å². The monoisotopic (exact) mass is 490 g/mol.